The van der Waals surface area contributed by atoms with Crippen molar-refractivity contribution >= 4 is 28.3 Å². The highest BCUT2D eigenvalue weighted by Gasteiger charge is 2.16. The SMILES string of the molecule is NC(=O)c1nn(CC(=O)Nc2cccn(Cc3ccccc3)c2=O)c(=O)c2ccccc12. The smallest absolute Gasteiger partial charge is 0.275 e. The summed E-state index contributed by atoms with van der Waals surface area (Å²) in [7, 11) is 0. The topological polar surface area (TPSA) is 129 Å². The molecule has 0 spiro atoms. The van der Waals surface area contributed by atoms with Crippen LogP contribution in [0.4, 0.5) is 5.69 Å². The van der Waals surface area contributed by atoms with Gasteiger partial charge in [0, 0.05) is 11.6 Å². The van der Waals surface area contributed by atoms with E-state index in [4.69, 9.17) is 5.73 Å². The van der Waals surface area contributed by atoms with Gasteiger partial charge in [0.25, 0.3) is 17.0 Å². The van der Waals surface area contributed by atoms with E-state index in [9.17, 15) is 19.2 Å². The van der Waals surface area contributed by atoms with E-state index in [-0.39, 0.29) is 22.3 Å². The molecule has 160 valence electrons. The summed E-state index contributed by atoms with van der Waals surface area (Å²) in [6.45, 7) is -0.145. The number of nitrogens with zero attached hydrogens (tertiary/aromatic N) is 3. The summed E-state index contributed by atoms with van der Waals surface area (Å²) in [6.07, 6.45) is 1.62. The molecule has 32 heavy (non-hydrogen) atoms. The maximum Gasteiger partial charge on any atom is 0.275 e. The van der Waals surface area contributed by atoms with Crippen molar-refractivity contribution in [1.29, 1.82) is 0 Å². The van der Waals surface area contributed by atoms with Gasteiger partial charge in [-0.05, 0) is 23.8 Å². The van der Waals surface area contributed by atoms with Crippen molar-refractivity contribution in [2.24, 2.45) is 5.73 Å². The molecule has 9 heteroatoms. The standard InChI is InChI=1S/C23H19N5O4/c24-21(30)20-16-9-4-5-10-17(16)22(31)28(26-20)14-19(29)25-18-11-6-12-27(23(18)32)13-15-7-2-1-3-8-15/h1-12H,13-14H2,(H2,24,30)(H,25,29). The quantitative estimate of drug-likeness (QED) is 0.478. The van der Waals surface area contributed by atoms with E-state index in [1.54, 1.807) is 30.5 Å². The first-order valence-electron chi connectivity index (χ1n) is 9.77. The Morgan fingerprint density at radius 2 is 1.56 bits per heavy atom. The molecular formula is C23H19N5O4. The molecule has 4 rings (SSSR count). The van der Waals surface area contributed by atoms with Crippen LogP contribution in [0.2, 0.25) is 0 Å². The Morgan fingerprint density at radius 1 is 0.875 bits per heavy atom. The summed E-state index contributed by atoms with van der Waals surface area (Å²) in [5.74, 6) is -1.46. The van der Waals surface area contributed by atoms with E-state index < -0.39 is 23.9 Å². The molecule has 4 aromatic rings. The van der Waals surface area contributed by atoms with Crippen LogP contribution in [0.5, 0.6) is 0 Å². The largest absolute Gasteiger partial charge is 0.364 e. The van der Waals surface area contributed by atoms with E-state index in [2.05, 4.69) is 10.4 Å². The second-order valence-corrected chi connectivity index (χ2v) is 7.11. The zero-order chi connectivity index (χ0) is 22.7. The number of amides is 2. The predicted molar refractivity (Wildman–Crippen MR) is 119 cm³/mol. The number of anilines is 1. The molecule has 0 radical (unpaired) electrons. The number of nitrogens with two attached hydrogens (primary N) is 1. The number of carbonyl (C=O) groups is 2. The average molecular weight is 429 g/mol. The van der Waals surface area contributed by atoms with Gasteiger partial charge in [-0.3, -0.25) is 19.2 Å². The summed E-state index contributed by atoms with van der Waals surface area (Å²) < 4.78 is 2.33. The van der Waals surface area contributed by atoms with E-state index in [0.29, 0.717) is 11.9 Å². The summed E-state index contributed by atoms with van der Waals surface area (Å²) in [5, 5.41) is 7.01. The zero-order valence-corrected chi connectivity index (χ0v) is 16.9. The third kappa shape index (κ3) is 4.17. The second kappa shape index (κ2) is 8.68. The number of rotatable bonds is 6. The fourth-order valence-corrected chi connectivity index (χ4v) is 3.39. The molecule has 9 nitrogen and oxygen atoms in total. The van der Waals surface area contributed by atoms with Gasteiger partial charge in [-0.2, -0.15) is 5.10 Å². The first-order valence-corrected chi connectivity index (χ1v) is 9.77. The first kappa shape index (κ1) is 20.7. The van der Waals surface area contributed by atoms with Gasteiger partial charge in [-0.25, -0.2) is 4.68 Å². The number of primary amides is 1. The molecule has 3 N–H and O–H groups in total. The lowest BCUT2D eigenvalue weighted by Crippen LogP contribution is -2.33. The summed E-state index contributed by atoms with van der Waals surface area (Å²) in [4.78, 5) is 49.9. The van der Waals surface area contributed by atoms with Crippen LogP contribution < -0.4 is 22.2 Å². The monoisotopic (exact) mass is 429 g/mol. The van der Waals surface area contributed by atoms with Crippen molar-refractivity contribution in [3.8, 4) is 0 Å². The highest BCUT2D eigenvalue weighted by molar-refractivity contribution is 6.04. The minimum atomic E-state index is -0.817. The number of hydrogen-bond acceptors (Lipinski definition) is 5. The molecule has 0 aliphatic heterocycles. The van der Waals surface area contributed by atoms with Gasteiger partial charge < -0.3 is 15.6 Å². The van der Waals surface area contributed by atoms with Crippen LogP contribution in [0.15, 0.2) is 82.5 Å². The highest BCUT2D eigenvalue weighted by atomic mass is 16.2. The Kier molecular flexibility index (Phi) is 5.63. The molecule has 2 amide bonds. The van der Waals surface area contributed by atoms with Crippen molar-refractivity contribution in [2.45, 2.75) is 13.1 Å². The lowest BCUT2D eigenvalue weighted by molar-refractivity contribution is -0.117. The molecule has 0 saturated heterocycles. The number of pyridine rings is 1. The van der Waals surface area contributed by atoms with Crippen molar-refractivity contribution < 1.29 is 9.59 Å². The lowest BCUT2D eigenvalue weighted by Gasteiger charge is -2.11. The Balaban J connectivity index is 1.60. The molecular weight excluding hydrogens is 410 g/mol. The third-order valence-electron chi connectivity index (χ3n) is 4.88. The Morgan fingerprint density at radius 3 is 2.28 bits per heavy atom. The maximum absolute atomic E-state index is 12.7. The average Bonchev–Trinajstić information content (AvgIpc) is 2.79. The number of aromatic nitrogens is 3. The summed E-state index contributed by atoms with van der Waals surface area (Å²) >= 11 is 0. The number of nitrogens with one attached hydrogen (secondary N) is 1. The molecule has 0 saturated carbocycles. The van der Waals surface area contributed by atoms with Gasteiger partial charge in [0.15, 0.2) is 5.69 Å². The summed E-state index contributed by atoms with van der Waals surface area (Å²) in [6, 6.07) is 18.9. The lowest BCUT2D eigenvalue weighted by atomic mass is 10.1. The number of benzene rings is 2. The molecule has 0 atom stereocenters. The number of hydrogen-bond donors (Lipinski definition) is 2. The van der Waals surface area contributed by atoms with E-state index >= 15 is 0 Å². The molecule has 2 aromatic heterocycles. The zero-order valence-electron chi connectivity index (χ0n) is 16.9. The van der Waals surface area contributed by atoms with Crippen LogP contribution >= 0.6 is 0 Å². The second-order valence-electron chi connectivity index (χ2n) is 7.11. The van der Waals surface area contributed by atoms with Gasteiger partial charge in [0.2, 0.25) is 5.91 Å². The molecule has 0 bridgehead atoms. The van der Waals surface area contributed by atoms with Crippen LogP contribution in [-0.2, 0) is 17.9 Å². The van der Waals surface area contributed by atoms with Gasteiger partial charge in [-0.1, -0.05) is 48.5 Å². The molecule has 0 aliphatic rings. The minimum Gasteiger partial charge on any atom is -0.364 e. The van der Waals surface area contributed by atoms with Crippen molar-refractivity contribution in [2.75, 3.05) is 5.32 Å². The van der Waals surface area contributed by atoms with Crippen molar-refractivity contribution in [3.63, 3.8) is 0 Å². The Bertz CT molecular complexity index is 1440. The van der Waals surface area contributed by atoms with Gasteiger partial charge in [0.1, 0.15) is 12.2 Å². The van der Waals surface area contributed by atoms with Crippen LogP contribution in [0.25, 0.3) is 10.8 Å². The van der Waals surface area contributed by atoms with Crippen LogP contribution in [0.1, 0.15) is 16.1 Å². The molecule has 2 aromatic carbocycles. The van der Waals surface area contributed by atoms with Crippen molar-refractivity contribution in [1.82, 2.24) is 14.3 Å². The molecule has 0 unspecified atom stereocenters. The van der Waals surface area contributed by atoms with Crippen LogP contribution in [-0.4, -0.2) is 26.2 Å². The third-order valence-corrected chi connectivity index (χ3v) is 4.88. The summed E-state index contributed by atoms with van der Waals surface area (Å²) in [5.41, 5.74) is 5.35. The first-order chi connectivity index (χ1) is 15.4. The molecule has 0 aliphatic carbocycles. The van der Waals surface area contributed by atoms with Crippen LogP contribution in [0, 0.1) is 0 Å². The number of fused-ring (bicyclic) bond motifs is 1. The number of carbonyl (C=O) groups excluding carboxylic acids is 2. The predicted octanol–water partition coefficient (Wildman–Crippen LogP) is 1.34. The van der Waals surface area contributed by atoms with Gasteiger partial charge >= 0.3 is 0 Å². The highest BCUT2D eigenvalue weighted by Crippen LogP contribution is 2.12. The Hall–Kier alpha value is -4.53. The molecule has 2 heterocycles. The fourth-order valence-electron chi connectivity index (χ4n) is 3.39. The maximum atomic E-state index is 12.7. The van der Waals surface area contributed by atoms with Gasteiger partial charge in [0.05, 0.1) is 11.9 Å². The van der Waals surface area contributed by atoms with Crippen molar-refractivity contribution in [3.05, 3.63) is 105 Å². The Labute approximate surface area is 181 Å². The van der Waals surface area contributed by atoms with Gasteiger partial charge in [-0.15, -0.1) is 0 Å². The van der Waals surface area contributed by atoms with E-state index in [1.165, 1.54) is 16.7 Å². The normalized spacial score (nSPS) is 10.8. The minimum absolute atomic E-state index is 0.0670. The van der Waals surface area contributed by atoms with E-state index in [0.717, 1.165) is 10.2 Å². The molecule has 0 fully saturated rings. The van der Waals surface area contributed by atoms with Crippen LogP contribution in [0.3, 0.4) is 0 Å². The van der Waals surface area contributed by atoms with E-state index in [1.807, 2.05) is 30.3 Å². The fraction of sp³-hybridized carbons (Fsp3) is 0.0870.